The zero-order valence-electron chi connectivity index (χ0n) is 34.2. The number of pyridine rings is 2. The van der Waals surface area contributed by atoms with Crippen LogP contribution in [0, 0.1) is 0 Å². The number of hydrogen-bond acceptors (Lipinski definition) is 16. The van der Waals surface area contributed by atoms with Crippen LogP contribution in [0.15, 0.2) is 102 Å². The third-order valence-electron chi connectivity index (χ3n) is 9.36. The minimum atomic E-state index is -0.154. The number of anilines is 2. The summed E-state index contributed by atoms with van der Waals surface area (Å²) in [6, 6.07) is 18.2. The van der Waals surface area contributed by atoms with Gasteiger partial charge in [0.05, 0.1) is 56.5 Å². The van der Waals surface area contributed by atoms with Crippen molar-refractivity contribution in [2.45, 2.75) is 13.0 Å². The lowest BCUT2D eigenvalue weighted by atomic mass is 10.2. The summed E-state index contributed by atoms with van der Waals surface area (Å²) in [6.07, 6.45) is 10.5. The van der Waals surface area contributed by atoms with Gasteiger partial charge in [-0.2, -0.15) is 5.10 Å². The first-order chi connectivity index (χ1) is 29.8. The van der Waals surface area contributed by atoms with Crippen molar-refractivity contribution in [2.75, 3.05) is 59.1 Å². The normalized spacial score (nSPS) is 12.1. The van der Waals surface area contributed by atoms with Gasteiger partial charge in [-0.05, 0) is 30.7 Å². The molecule has 7 aromatic rings. The number of aryl methyl sites for hydroxylation is 2. The molecule has 0 aliphatic rings. The Morgan fingerprint density at radius 1 is 0.836 bits per heavy atom. The molecule has 0 fully saturated rings. The Bertz CT molecular complexity index is 2770. The molecule has 5 aromatic heterocycles. The average molecular weight is 827 g/mol. The maximum absolute atomic E-state index is 10.1. The number of benzene rings is 2. The topological polar surface area (TPSA) is 219 Å². The van der Waals surface area contributed by atoms with Gasteiger partial charge in [0.2, 0.25) is 0 Å². The van der Waals surface area contributed by atoms with E-state index in [-0.39, 0.29) is 33.0 Å². The van der Waals surface area contributed by atoms with E-state index in [1.54, 1.807) is 62.9 Å². The van der Waals surface area contributed by atoms with Crippen molar-refractivity contribution < 1.29 is 29.2 Å². The summed E-state index contributed by atoms with van der Waals surface area (Å²) in [7, 11) is 6.64. The van der Waals surface area contributed by atoms with Gasteiger partial charge in [-0.25, -0.2) is 19.9 Å². The van der Waals surface area contributed by atoms with Crippen molar-refractivity contribution in [3.8, 4) is 34.3 Å². The molecule has 0 amide bonds. The van der Waals surface area contributed by atoms with Crippen LogP contribution >= 0.6 is 0 Å². The summed E-state index contributed by atoms with van der Waals surface area (Å²) in [5.41, 5.74) is 12.6. The van der Waals surface area contributed by atoms with Crippen molar-refractivity contribution in [2.24, 2.45) is 22.8 Å². The molecule has 7 rings (SSSR count). The van der Waals surface area contributed by atoms with E-state index in [9.17, 15) is 10.2 Å². The first-order valence-corrected chi connectivity index (χ1v) is 19.3. The summed E-state index contributed by atoms with van der Waals surface area (Å²) < 4.78 is 27.2. The van der Waals surface area contributed by atoms with Gasteiger partial charge in [-0.3, -0.25) is 19.6 Å². The quantitative estimate of drug-likeness (QED) is 0.0808. The number of ether oxygens (including phenoxy) is 4. The Hall–Kier alpha value is -7.44. The van der Waals surface area contributed by atoms with E-state index < -0.39 is 0 Å². The fourth-order valence-electron chi connectivity index (χ4n) is 6.47. The number of aliphatic hydroxyl groups excluding tert-OH is 2. The monoisotopic (exact) mass is 826 g/mol. The van der Waals surface area contributed by atoms with E-state index in [1.165, 1.54) is 6.20 Å². The van der Waals surface area contributed by atoms with Crippen LogP contribution in [0.2, 0.25) is 0 Å². The number of rotatable bonds is 18. The lowest BCUT2D eigenvalue weighted by molar-refractivity contribution is 0.216. The van der Waals surface area contributed by atoms with E-state index >= 15 is 0 Å². The molecule has 314 valence electrons. The summed E-state index contributed by atoms with van der Waals surface area (Å²) in [5, 5.41) is 24.1. The number of aromatic nitrogens is 8. The van der Waals surface area contributed by atoms with Crippen LogP contribution in [0.4, 0.5) is 17.2 Å². The summed E-state index contributed by atoms with van der Waals surface area (Å²) in [5.74, 6) is 2.66. The van der Waals surface area contributed by atoms with Crippen LogP contribution < -0.4 is 35.1 Å². The van der Waals surface area contributed by atoms with Crippen LogP contribution in [0.25, 0.3) is 39.2 Å². The van der Waals surface area contributed by atoms with E-state index in [4.69, 9.17) is 39.6 Å². The Kier molecular flexibility index (Phi) is 13.4. The maximum Gasteiger partial charge on any atom is 0.180 e. The SMILES string of the molecule is CN=C/C(=C\N)c1cnc2ccc(N(CCO)c3cc(OC)cc(OCCOc4cc(N=c5ccc6ncc(-c7cnn(C)c7)nc6n5CCCO)cc(OC)c4)c3)nc2n1. The highest BCUT2D eigenvalue weighted by Gasteiger charge is 2.16. The standard InChI is InChI=1S/C43H46N12O6/c1-45-23-28(22-44)38-25-46-36-6-8-41(52-42(36)50-38)54(11-13-57)31-18-33(59-4)21-35(19-31)61-15-14-60-34-17-30(16-32(20-34)58-3)49-40-9-7-37-43(55(40)10-5-12-56)51-39(26-47-37)29-24-48-53(2)27-29/h6-9,16-27,56-57H,5,10-15,44H2,1-4H3/b28-22+,45-23?,49-40?. The van der Waals surface area contributed by atoms with Crippen LogP contribution in [0.1, 0.15) is 12.1 Å². The molecule has 0 saturated heterocycles. The molecule has 0 spiro atoms. The highest BCUT2D eigenvalue weighted by molar-refractivity contribution is 6.09. The zero-order chi connectivity index (χ0) is 42.7. The van der Waals surface area contributed by atoms with Crippen molar-refractivity contribution in [3.05, 3.63) is 103 Å². The molecule has 0 bridgehead atoms. The van der Waals surface area contributed by atoms with Gasteiger partial charge in [0.25, 0.3) is 0 Å². The van der Waals surface area contributed by atoms with E-state index in [2.05, 4.69) is 25.0 Å². The highest BCUT2D eigenvalue weighted by Crippen LogP contribution is 2.33. The van der Waals surface area contributed by atoms with Gasteiger partial charge in [-0.15, -0.1) is 0 Å². The van der Waals surface area contributed by atoms with Crippen LogP contribution in [-0.2, 0) is 13.6 Å². The first-order valence-electron chi connectivity index (χ1n) is 19.3. The molecular weight excluding hydrogens is 781 g/mol. The molecule has 0 atom stereocenters. The molecule has 2 aromatic carbocycles. The van der Waals surface area contributed by atoms with Gasteiger partial charge in [0.1, 0.15) is 58.6 Å². The second kappa shape index (κ2) is 19.5. The lowest BCUT2D eigenvalue weighted by Gasteiger charge is -2.24. The largest absolute Gasteiger partial charge is 0.497 e. The second-order valence-electron chi connectivity index (χ2n) is 13.5. The fraction of sp³-hybridized carbons (Fsp3) is 0.256. The minimum Gasteiger partial charge on any atom is -0.497 e. The van der Waals surface area contributed by atoms with Crippen molar-refractivity contribution in [1.29, 1.82) is 0 Å². The number of hydrogen-bond donors (Lipinski definition) is 3. The summed E-state index contributed by atoms with van der Waals surface area (Å²) in [6.45, 7) is 0.904. The number of nitrogens with two attached hydrogens (primary N) is 1. The molecular formula is C43H46N12O6. The summed E-state index contributed by atoms with van der Waals surface area (Å²) >= 11 is 0. The Balaban J connectivity index is 1.10. The average Bonchev–Trinajstić information content (AvgIpc) is 3.73. The minimum absolute atomic E-state index is 0.00151. The molecule has 0 saturated carbocycles. The molecule has 61 heavy (non-hydrogen) atoms. The number of allylic oxidation sites excluding steroid dienone is 1. The third kappa shape index (κ3) is 9.89. The van der Waals surface area contributed by atoms with E-state index in [1.807, 2.05) is 71.2 Å². The smallest absolute Gasteiger partial charge is 0.180 e. The molecule has 18 heteroatoms. The third-order valence-corrected chi connectivity index (χ3v) is 9.36. The number of methoxy groups -OCH3 is 2. The van der Waals surface area contributed by atoms with E-state index in [0.717, 1.165) is 5.56 Å². The van der Waals surface area contributed by atoms with Gasteiger partial charge in [0, 0.05) is 106 Å². The van der Waals surface area contributed by atoms with Gasteiger partial charge in [0.15, 0.2) is 11.3 Å². The van der Waals surface area contributed by atoms with Crippen molar-refractivity contribution in [3.63, 3.8) is 0 Å². The molecule has 0 aliphatic carbocycles. The first kappa shape index (κ1) is 41.7. The number of fused-ring (bicyclic) bond motifs is 2. The number of aliphatic hydroxyl groups is 2. The summed E-state index contributed by atoms with van der Waals surface area (Å²) in [4.78, 5) is 34.4. The van der Waals surface area contributed by atoms with Gasteiger partial charge < -0.3 is 44.4 Å². The van der Waals surface area contributed by atoms with Crippen molar-refractivity contribution >= 4 is 51.3 Å². The lowest BCUT2D eigenvalue weighted by Crippen LogP contribution is -2.22. The molecule has 0 aliphatic heterocycles. The molecule has 0 unspecified atom stereocenters. The highest BCUT2D eigenvalue weighted by atomic mass is 16.5. The van der Waals surface area contributed by atoms with Gasteiger partial charge >= 0.3 is 0 Å². The van der Waals surface area contributed by atoms with Crippen LogP contribution in [0.5, 0.6) is 23.0 Å². The predicted octanol–water partition coefficient (Wildman–Crippen LogP) is 4.39. The molecule has 5 heterocycles. The Morgan fingerprint density at radius 3 is 2.26 bits per heavy atom. The van der Waals surface area contributed by atoms with Crippen LogP contribution in [-0.4, -0.2) is 110 Å². The number of aliphatic imine (C=N–C) groups is 1. The fourth-order valence-corrected chi connectivity index (χ4v) is 6.47. The van der Waals surface area contributed by atoms with Crippen molar-refractivity contribution in [1.82, 2.24) is 39.3 Å². The maximum atomic E-state index is 10.1. The molecule has 18 nitrogen and oxygen atoms in total. The molecule has 4 N–H and O–H groups in total. The molecule has 0 radical (unpaired) electrons. The number of nitrogens with zero attached hydrogens (tertiary/aromatic N) is 11. The Morgan fingerprint density at radius 2 is 1.56 bits per heavy atom. The van der Waals surface area contributed by atoms with E-state index in [0.29, 0.717) is 97.9 Å². The predicted molar refractivity (Wildman–Crippen MR) is 232 cm³/mol. The van der Waals surface area contributed by atoms with Gasteiger partial charge in [-0.1, -0.05) is 0 Å². The second-order valence-corrected chi connectivity index (χ2v) is 13.5. The Labute approximate surface area is 351 Å². The zero-order valence-corrected chi connectivity index (χ0v) is 34.2. The van der Waals surface area contributed by atoms with Crippen LogP contribution in [0.3, 0.4) is 0 Å².